The van der Waals surface area contributed by atoms with Crippen LogP contribution < -0.4 is 5.73 Å². The van der Waals surface area contributed by atoms with Gasteiger partial charge in [-0.2, -0.15) is 0 Å². The Morgan fingerprint density at radius 3 is 2.65 bits per heavy atom. The fraction of sp³-hybridized carbons (Fsp3) is 0.188. The van der Waals surface area contributed by atoms with E-state index in [1.165, 1.54) is 17.2 Å². The van der Waals surface area contributed by atoms with Crippen molar-refractivity contribution in [1.29, 1.82) is 0 Å². The second kappa shape index (κ2) is 4.89. The molecule has 1 amide bonds. The molecule has 20 heavy (non-hydrogen) atoms. The van der Waals surface area contributed by atoms with E-state index in [4.69, 9.17) is 5.73 Å². The molecule has 2 aromatic carbocycles. The number of nitrogens with two attached hydrogens (primary N) is 1. The summed E-state index contributed by atoms with van der Waals surface area (Å²) in [6.07, 6.45) is 0.864. The standard InChI is InChI=1S/C16H16N2O2/c17-14-6-5-12(9-15(14)19)16(20)18-8-7-11-3-1-2-4-13(11)10-18/h1-6,9,19H,7-8,10,17H2. The number of nitrogens with zero attached hydrogens (tertiary/aromatic N) is 1. The summed E-state index contributed by atoms with van der Waals surface area (Å²) in [6.45, 7) is 1.31. The van der Waals surface area contributed by atoms with Gasteiger partial charge in [0, 0.05) is 18.7 Å². The fourth-order valence-corrected chi connectivity index (χ4v) is 2.53. The Balaban J connectivity index is 1.84. The van der Waals surface area contributed by atoms with Crippen molar-refractivity contribution in [2.75, 3.05) is 12.3 Å². The molecule has 0 aromatic heterocycles. The number of rotatable bonds is 1. The van der Waals surface area contributed by atoms with Crippen LogP contribution in [0.2, 0.25) is 0 Å². The van der Waals surface area contributed by atoms with Gasteiger partial charge in [-0.15, -0.1) is 0 Å². The van der Waals surface area contributed by atoms with Gasteiger partial charge in [-0.25, -0.2) is 0 Å². The molecule has 0 fully saturated rings. The molecule has 102 valence electrons. The molecule has 1 heterocycles. The van der Waals surface area contributed by atoms with Crippen molar-refractivity contribution in [2.45, 2.75) is 13.0 Å². The van der Waals surface area contributed by atoms with Gasteiger partial charge in [-0.1, -0.05) is 24.3 Å². The zero-order valence-corrected chi connectivity index (χ0v) is 11.0. The van der Waals surface area contributed by atoms with Gasteiger partial charge in [0.2, 0.25) is 0 Å². The summed E-state index contributed by atoms with van der Waals surface area (Å²) in [5.74, 6) is -0.122. The lowest BCUT2D eigenvalue weighted by molar-refractivity contribution is 0.0734. The lowest BCUT2D eigenvalue weighted by Crippen LogP contribution is -2.35. The molecule has 0 radical (unpaired) electrons. The molecule has 0 atom stereocenters. The first-order valence-corrected chi connectivity index (χ1v) is 6.59. The van der Waals surface area contributed by atoms with E-state index < -0.39 is 0 Å². The SMILES string of the molecule is Nc1ccc(C(=O)N2CCc3ccccc3C2)cc1O. The van der Waals surface area contributed by atoms with Crippen LogP contribution in [-0.4, -0.2) is 22.5 Å². The maximum absolute atomic E-state index is 12.4. The van der Waals surface area contributed by atoms with Gasteiger partial charge in [-0.05, 0) is 35.7 Å². The molecule has 0 unspecified atom stereocenters. The van der Waals surface area contributed by atoms with Gasteiger partial charge < -0.3 is 15.7 Å². The van der Waals surface area contributed by atoms with Crippen LogP contribution in [-0.2, 0) is 13.0 Å². The van der Waals surface area contributed by atoms with E-state index in [1.54, 1.807) is 17.0 Å². The van der Waals surface area contributed by atoms with Crippen molar-refractivity contribution >= 4 is 11.6 Å². The Morgan fingerprint density at radius 1 is 1.15 bits per heavy atom. The molecule has 3 rings (SSSR count). The van der Waals surface area contributed by atoms with E-state index in [0.717, 1.165) is 6.42 Å². The van der Waals surface area contributed by atoms with Crippen LogP contribution in [0.5, 0.6) is 5.75 Å². The number of phenolic OH excluding ortho intramolecular Hbond substituents is 1. The second-order valence-electron chi connectivity index (χ2n) is 5.02. The average molecular weight is 268 g/mol. The van der Waals surface area contributed by atoms with Crippen molar-refractivity contribution in [2.24, 2.45) is 0 Å². The highest BCUT2D eigenvalue weighted by atomic mass is 16.3. The van der Waals surface area contributed by atoms with E-state index in [9.17, 15) is 9.90 Å². The summed E-state index contributed by atoms with van der Waals surface area (Å²) in [7, 11) is 0. The Bertz CT molecular complexity index is 667. The third-order valence-electron chi connectivity index (χ3n) is 3.70. The van der Waals surface area contributed by atoms with Gasteiger partial charge >= 0.3 is 0 Å². The number of amides is 1. The Hall–Kier alpha value is -2.49. The highest BCUT2D eigenvalue weighted by Crippen LogP contribution is 2.24. The molecule has 4 nitrogen and oxygen atoms in total. The fourth-order valence-electron chi connectivity index (χ4n) is 2.53. The molecule has 0 saturated carbocycles. The van der Waals surface area contributed by atoms with Crippen molar-refractivity contribution in [3.63, 3.8) is 0 Å². The maximum atomic E-state index is 12.4. The number of hydrogen-bond acceptors (Lipinski definition) is 3. The quantitative estimate of drug-likeness (QED) is 0.615. The number of carbonyl (C=O) groups is 1. The van der Waals surface area contributed by atoms with Crippen LogP contribution in [0.4, 0.5) is 5.69 Å². The van der Waals surface area contributed by atoms with Crippen molar-refractivity contribution in [3.05, 3.63) is 59.2 Å². The van der Waals surface area contributed by atoms with E-state index in [2.05, 4.69) is 12.1 Å². The number of anilines is 1. The minimum Gasteiger partial charge on any atom is -0.506 e. The monoisotopic (exact) mass is 268 g/mol. The first kappa shape index (κ1) is 12.5. The van der Waals surface area contributed by atoms with E-state index >= 15 is 0 Å². The third kappa shape index (κ3) is 2.20. The van der Waals surface area contributed by atoms with Crippen LogP contribution >= 0.6 is 0 Å². The van der Waals surface area contributed by atoms with Crippen molar-refractivity contribution in [1.82, 2.24) is 4.90 Å². The lowest BCUT2D eigenvalue weighted by atomic mass is 9.99. The predicted molar refractivity (Wildman–Crippen MR) is 77.4 cm³/mol. The number of nitrogen functional groups attached to an aromatic ring is 1. The average Bonchev–Trinajstić information content (AvgIpc) is 2.49. The van der Waals surface area contributed by atoms with Crippen LogP contribution in [0, 0.1) is 0 Å². The smallest absolute Gasteiger partial charge is 0.254 e. The molecule has 4 heteroatoms. The minimum absolute atomic E-state index is 0.0479. The molecule has 0 bridgehead atoms. The first-order valence-electron chi connectivity index (χ1n) is 6.59. The Kier molecular flexibility index (Phi) is 3.06. The van der Waals surface area contributed by atoms with Gasteiger partial charge in [-0.3, -0.25) is 4.79 Å². The zero-order valence-electron chi connectivity index (χ0n) is 11.0. The van der Waals surface area contributed by atoms with E-state index in [0.29, 0.717) is 18.7 Å². The normalized spacial score (nSPS) is 13.9. The van der Waals surface area contributed by atoms with Crippen LogP contribution in [0.25, 0.3) is 0 Å². The van der Waals surface area contributed by atoms with Crippen LogP contribution in [0.1, 0.15) is 21.5 Å². The lowest BCUT2D eigenvalue weighted by Gasteiger charge is -2.29. The summed E-state index contributed by atoms with van der Waals surface area (Å²) in [4.78, 5) is 14.2. The summed E-state index contributed by atoms with van der Waals surface area (Å²) >= 11 is 0. The molecular formula is C16H16N2O2. The first-order chi connectivity index (χ1) is 9.65. The molecule has 1 aliphatic rings. The van der Waals surface area contributed by atoms with Crippen LogP contribution in [0.15, 0.2) is 42.5 Å². The molecule has 0 spiro atoms. The van der Waals surface area contributed by atoms with Gasteiger partial charge in [0.25, 0.3) is 5.91 Å². The van der Waals surface area contributed by atoms with E-state index in [-0.39, 0.29) is 17.3 Å². The van der Waals surface area contributed by atoms with Gasteiger partial charge in [0.15, 0.2) is 0 Å². The summed E-state index contributed by atoms with van der Waals surface area (Å²) in [5, 5.41) is 9.61. The summed E-state index contributed by atoms with van der Waals surface area (Å²) < 4.78 is 0. The molecule has 0 aliphatic carbocycles. The number of aromatic hydroxyl groups is 1. The highest BCUT2D eigenvalue weighted by molar-refractivity contribution is 5.95. The molecule has 2 aromatic rings. The zero-order chi connectivity index (χ0) is 14.1. The number of fused-ring (bicyclic) bond motifs is 1. The third-order valence-corrected chi connectivity index (χ3v) is 3.70. The largest absolute Gasteiger partial charge is 0.506 e. The number of benzene rings is 2. The van der Waals surface area contributed by atoms with Crippen molar-refractivity contribution < 1.29 is 9.90 Å². The topological polar surface area (TPSA) is 66.6 Å². The van der Waals surface area contributed by atoms with Crippen LogP contribution in [0.3, 0.4) is 0 Å². The second-order valence-corrected chi connectivity index (χ2v) is 5.02. The summed E-state index contributed by atoms with van der Waals surface area (Å²) in [6, 6.07) is 12.8. The minimum atomic E-state index is -0.0743. The maximum Gasteiger partial charge on any atom is 0.254 e. The number of hydrogen-bond donors (Lipinski definition) is 2. The van der Waals surface area contributed by atoms with E-state index in [1.807, 2.05) is 12.1 Å². The van der Waals surface area contributed by atoms with Crippen molar-refractivity contribution in [3.8, 4) is 5.75 Å². The highest BCUT2D eigenvalue weighted by Gasteiger charge is 2.21. The van der Waals surface area contributed by atoms with Gasteiger partial charge in [0.05, 0.1) is 5.69 Å². The number of carbonyl (C=O) groups excluding carboxylic acids is 1. The molecule has 1 aliphatic heterocycles. The molecular weight excluding hydrogens is 252 g/mol. The molecule has 3 N–H and O–H groups in total. The Morgan fingerprint density at radius 2 is 1.90 bits per heavy atom. The Labute approximate surface area is 117 Å². The van der Waals surface area contributed by atoms with Gasteiger partial charge in [0.1, 0.15) is 5.75 Å². The number of phenols is 1. The molecule has 0 saturated heterocycles. The predicted octanol–water partition coefficient (Wildman–Crippen LogP) is 2.17. The summed E-state index contributed by atoms with van der Waals surface area (Å²) in [5.41, 5.74) is 8.80.